The van der Waals surface area contributed by atoms with Crippen LogP contribution >= 0.6 is 15.9 Å². The Kier molecular flexibility index (Phi) is 3.17. The zero-order valence-corrected chi connectivity index (χ0v) is 9.67. The second-order valence-electron chi connectivity index (χ2n) is 3.31. The van der Waals surface area contributed by atoms with Gasteiger partial charge in [-0.2, -0.15) is 0 Å². The SMILES string of the molecule is Fc1cc(-c2ccccc2)ccc1CBr. The molecule has 2 rings (SSSR count). The Balaban J connectivity index is 2.43. The van der Waals surface area contributed by atoms with Gasteiger partial charge >= 0.3 is 0 Å². The third-order valence-corrected chi connectivity index (χ3v) is 2.91. The lowest BCUT2D eigenvalue weighted by atomic mass is 10.0. The van der Waals surface area contributed by atoms with E-state index >= 15 is 0 Å². The van der Waals surface area contributed by atoms with Gasteiger partial charge in [0.2, 0.25) is 0 Å². The van der Waals surface area contributed by atoms with Crippen molar-refractivity contribution in [2.75, 3.05) is 0 Å². The van der Waals surface area contributed by atoms with E-state index in [2.05, 4.69) is 15.9 Å². The third kappa shape index (κ3) is 2.26. The van der Waals surface area contributed by atoms with Gasteiger partial charge < -0.3 is 0 Å². The van der Waals surface area contributed by atoms with Crippen LogP contribution < -0.4 is 0 Å². The highest BCUT2D eigenvalue weighted by Gasteiger charge is 2.03. The summed E-state index contributed by atoms with van der Waals surface area (Å²) in [5, 5.41) is 0.550. The fraction of sp³-hybridized carbons (Fsp3) is 0.0769. The first kappa shape index (κ1) is 10.4. The summed E-state index contributed by atoms with van der Waals surface area (Å²) >= 11 is 3.25. The summed E-state index contributed by atoms with van der Waals surface area (Å²) in [6, 6.07) is 15.1. The highest BCUT2D eigenvalue weighted by molar-refractivity contribution is 9.08. The molecule has 0 aliphatic rings. The topological polar surface area (TPSA) is 0 Å². The number of halogens is 2. The van der Waals surface area contributed by atoms with Crippen molar-refractivity contribution in [2.45, 2.75) is 5.33 Å². The predicted octanol–water partition coefficient (Wildman–Crippen LogP) is 4.39. The maximum Gasteiger partial charge on any atom is 0.127 e. The summed E-state index contributed by atoms with van der Waals surface area (Å²) in [5.41, 5.74) is 2.64. The van der Waals surface area contributed by atoms with E-state index in [1.54, 1.807) is 6.07 Å². The average Bonchev–Trinajstić information content (AvgIpc) is 2.30. The Morgan fingerprint density at radius 2 is 1.67 bits per heavy atom. The number of hydrogen-bond donors (Lipinski definition) is 0. The van der Waals surface area contributed by atoms with Crippen LogP contribution in [0.5, 0.6) is 0 Å². The second kappa shape index (κ2) is 4.58. The highest BCUT2D eigenvalue weighted by atomic mass is 79.9. The van der Waals surface area contributed by atoms with Gasteiger partial charge in [0.05, 0.1) is 0 Å². The Labute approximate surface area is 96.9 Å². The van der Waals surface area contributed by atoms with Gasteiger partial charge in [-0.3, -0.25) is 0 Å². The number of rotatable bonds is 2. The molecule has 0 saturated heterocycles. The molecule has 2 aromatic rings. The molecule has 0 amide bonds. The van der Waals surface area contributed by atoms with Crippen LogP contribution in [0.2, 0.25) is 0 Å². The van der Waals surface area contributed by atoms with Gasteiger partial charge in [-0.25, -0.2) is 4.39 Å². The minimum atomic E-state index is -0.159. The molecule has 0 fully saturated rings. The molecule has 0 radical (unpaired) electrons. The highest BCUT2D eigenvalue weighted by Crippen LogP contribution is 2.22. The van der Waals surface area contributed by atoms with Gasteiger partial charge in [0, 0.05) is 5.33 Å². The number of hydrogen-bond acceptors (Lipinski definition) is 0. The van der Waals surface area contributed by atoms with Crippen LogP contribution in [0, 0.1) is 5.82 Å². The molecule has 0 unspecified atom stereocenters. The summed E-state index contributed by atoms with van der Waals surface area (Å²) in [5.74, 6) is -0.159. The van der Waals surface area contributed by atoms with Crippen molar-refractivity contribution in [2.24, 2.45) is 0 Å². The van der Waals surface area contributed by atoms with Crippen LogP contribution in [0.4, 0.5) is 4.39 Å². The molecule has 0 aromatic heterocycles. The average molecular weight is 265 g/mol. The first-order valence-corrected chi connectivity index (χ1v) is 5.83. The first-order valence-electron chi connectivity index (χ1n) is 4.71. The van der Waals surface area contributed by atoms with Crippen molar-refractivity contribution < 1.29 is 4.39 Å². The van der Waals surface area contributed by atoms with Crippen LogP contribution in [-0.2, 0) is 5.33 Å². The van der Waals surface area contributed by atoms with E-state index < -0.39 is 0 Å². The molecule has 2 heteroatoms. The standard InChI is InChI=1S/C13H10BrF/c14-9-12-7-6-11(8-13(12)15)10-4-2-1-3-5-10/h1-8H,9H2. The Morgan fingerprint density at radius 1 is 0.933 bits per heavy atom. The minimum absolute atomic E-state index is 0.159. The molecule has 15 heavy (non-hydrogen) atoms. The van der Waals surface area contributed by atoms with Crippen molar-refractivity contribution >= 4 is 15.9 Å². The van der Waals surface area contributed by atoms with Gasteiger partial charge in [-0.1, -0.05) is 58.4 Å². The lowest BCUT2D eigenvalue weighted by Gasteiger charge is -2.04. The molecular formula is C13H10BrF. The van der Waals surface area contributed by atoms with E-state index in [4.69, 9.17) is 0 Å². The van der Waals surface area contributed by atoms with Crippen LogP contribution in [0.25, 0.3) is 11.1 Å². The normalized spacial score (nSPS) is 10.3. The molecule has 0 spiro atoms. The molecule has 0 aliphatic carbocycles. The van der Waals surface area contributed by atoms with E-state index in [1.165, 1.54) is 0 Å². The van der Waals surface area contributed by atoms with Crippen LogP contribution in [-0.4, -0.2) is 0 Å². The first-order chi connectivity index (χ1) is 7.31. The van der Waals surface area contributed by atoms with E-state index in [0.717, 1.165) is 11.1 Å². The van der Waals surface area contributed by atoms with Crippen LogP contribution in [0.15, 0.2) is 48.5 Å². The van der Waals surface area contributed by atoms with Crippen LogP contribution in [0.1, 0.15) is 5.56 Å². The van der Waals surface area contributed by atoms with E-state index in [0.29, 0.717) is 10.9 Å². The largest absolute Gasteiger partial charge is 0.207 e. The fourth-order valence-electron chi connectivity index (χ4n) is 1.47. The van der Waals surface area contributed by atoms with Gasteiger partial charge in [-0.15, -0.1) is 0 Å². The molecule has 0 saturated carbocycles. The van der Waals surface area contributed by atoms with Crippen molar-refractivity contribution in [3.05, 3.63) is 59.9 Å². The molecular weight excluding hydrogens is 255 g/mol. The summed E-state index contributed by atoms with van der Waals surface area (Å²) in [7, 11) is 0. The number of benzene rings is 2. The summed E-state index contributed by atoms with van der Waals surface area (Å²) < 4.78 is 13.5. The minimum Gasteiger partial charge on any atom is -0.207 e. The van der Waals surface area contributed by atoms with E-state index in [1.807, 2.05) is 42.5 Å². The van der Waals surface area contributed by atoms with Gasteiger partial charge in [0.1, 0.15) is 5.82 Å². The van der Waals surface area contributed by atoms with E-state index in [9.17, 15) is 4.39 Å². The molecule has 0 bridgehead atoms. The monoisotopic (exact) mass is 264 g/mol. The fourth-order valence-corrected chi connectivity index (χ4v) is 1.92. The van der Waals surface area contributed by atoms with E-state index in [-0.39, 0.29) is 5.82 Å². The smallest absolute Gasteiger partial charge is 0.127 e. The number of alkyl halides is 1. The maximum atomic E-state index is 13.5. The molecule has 76 valence electrons. The van der Waals surface area contributed by atoms with Gasteiger partial charge in [0.25, 0.3) is 0 Å². The quantitative estimate of drug-likeness (QED) is 0.706. The lowest BCUT2D eigenvalue weighted by molar-refractivity contribution is 0.618. The Bertz CT molecular complexity index is 451. The van der Waals surface area contributed by atoms with Gasteiger partial charge in [0.15, 0.2) is 0 Å². The molecule has 0 aliphatic heterocycles. The zero-order chi connectivity index (χ0) is 10.7. The molecule has 2 aromatic carbocycles. The van der Waals surface area contributed by atoms with Crippen molar-refractivity contribution in [3.8, 4) is 11.1 Å². The Morgan fingerprint density at radius 3 is 2.27 bits per heavy atom. The molecule has 0 heterocycles. The van der Waals surface area contributed by atoms with Gasteiger partial charge in [-0.05, 0) is 22.8 Å². The Hall–Kier alpha value is -1.15. The molecule has 0 atom stereocenters. The zero-order valence-electron chi connectivity index (χ0n) is 8.08. The second-order valence-corrected chi connectivity index (χ2v) is 3.87. The predicted molar refractivity (Wildman–Crippen MR) is 64.5 cm³/mol. The molecule has 0 N–H and O–H groups in total. The summed E-state index contributed by atoms with van der Waals surface area (Å²) in [4.78, 5) is 0. The maximum absolute atomic E-state index is 13.5. The summed E-state index contributed by atoms with van der Waals surface area (Å²) in [6.07, 6.45) is 0. The summed E-state index contributed by atoms with van der Waals surface area (Å²) in [6.45, 7) is 0. The lowest BCUT2D eigenvalue weighted by Crippen LogP contribution is -1.86. The third-order valence-electron chi connectivity index (χ3n) is 2.30. The van der Waals surface area contributed by atoms with Crippen molar-refractivity contribution in [1.29, 1.82) is 0 Å². The molecule has 0 nitrogen and oxygen atoms in total. The van der Waals surface area contributed by atoms with Crippen molar-refractivity contribution in [3.63, 3.8) is 0 Å². The van der Waals surface area contributed by atoms with Crippen LogP contribution in [0.3, 0.4) is 0 Å². The van der Waals surface area contributed by atoms with Crippen molar-refractivity contribution in [1.82, 2.24) is 0 Å².